The van der Waals surface area contributed by atoms with Gasteiger partial charge in [-0.2, -0.15) is 0 Å². The fourth-order valence-corrected chi connectivity index (χ4v) is 5.79. The maximum atomic E-state index is 6.23. The molecule has 2 bridgehead atoms. The lowest BCUT2D eigenvalue weighted by Crippen LogP contribution is -2.64. The molecule has 0 aliphatic carbocycles. The number of hydrogen-bond donors (Lipinski definition) is 1. The summed E-state index contributed by atoms with van der Waals surface area (Å²) >= 11 is 6.23. The van der Waals surface area contributed by atoms with Gasteiger partial charge in [0.25, 0.3) is 0 Å². The Hall–Kier alpha value is -2.13. The molecule has 30 heavy (non-hydrogen) atoms. The van der Waals surface area contributed by atoms with Gasteiger partial charge in [-0.15, -0.1) is 0 Å². The first kappa shape index (κ1) is 19.8. The number of nitrogens with one attached hydrogen (secondary N) is 1. The van der Waals surface area contributed by atoms with E-state index in [9.17, 15) is 0 Å². The first-order valence-corrected chi connectivity index (χ1v) is 11.5. The van der Waals surface area contributed by atoms with E-state index in [1.807, 2.05) is 12.1 Å². The zero-order valence-corrected chi connectivity index (χ0v) is 18.0. The third-order valence-electron chi connectivity index (χ3n) is 6.96. The number of rotatable bonds is 6. The fourth-order valence-electron chi connectivity index (χ4n) is 5.58. The van der Waals surface area contributed by atoms with E-state index in [4.69, 9.17) is 11.6 Å². The summed E-state index contributed by atoms with van der Waals surface area (Å²) < 4.78 is 0. The van der Waals surface area contributed by atoms with Crippen LogP contribution in [0.25, 0.3) is 0 Å². The predicted molar refractivity (Wildman–Crippen MR) is 125 cm³/mol. The average Bonchev–Trinajstić information content (AvgIpc) is 2.81. The van der Waals surface area contributed by atoms with Crippen LogP contribution in [0.4, 0.5) is 0 Å². The minimum absolute atomic E-state index is 0.368. The maximum Gasteiger partial charge on any atom is 0.0409 e. The third-order valence-corrected chi connectivity index (χ3v) is 7.20. The molecule has 1 N–H and O–H groups in total. The summed E-state index contributed by atoms with van der Waals surface area (Å²) in [5, 5.41) is 4.78. The second-order valence-corrected chi connectivity index (χ2v) is 9.14. The summed E-state index contributed by atoms with van der Waals surface area (Å²) in [6, 6.07) is 31.3. The lowest BCUT2D eigenvalue weighted by molar-refractivity contribution is 0.00468. The van der Waals surface area contributed by atoms with Crippen molar-refractivity contribution in [1.82, 2.24) is 10.2 Å². The average molecular weight is 417 g/mol. The normalized spacial score (nSPS) is 25.5. The van der Waals surface area contributed by atoms with E-state index in [1.54, 1.807) is 0 Å². The molecule has 2 nitrogen and oxygen atoms in total. The zero-order chi connectivity index (χ0) is 20.3. The van der Waals surface area contributed by atoms with Crippen molar-refractivity contribution in [1.29, 1.82) is 0 Å². The van der Waals surface area contributed by atoms with Gasteiger partial charge < -0.3 is 5.32 Å². The number of piperidine rings is 3. The van der Waals surface area contributed by atoms with Gasteiger partial charge in [-0.1, -0.05) is 84.4 Å². The minimum atomic E-state index is 0.368. The molecule has 6 rings (SSSR count). The summed E-state index contributed by atoms with van der Waals surface area (Å²) in [4.78, 5) is 2.74. The number of hydrogen-bond acceptors (Lipinski definition) is 2. The summed E-state index contributed by atoms with van der Waals surface area (Å²) in [5.41, 5.74) is 4.08. The summed E-state index contributed by atoms with van der Waals surface area (Å²) in [7, 11) is 0. The highest BCUT2D eigenvalue weighted by atomic mass is 35.5. The summed E-state index contributed by atoms with van der Waals surface area (Å²) in [6.07, 6.45) is 2.58. The Morgan fingerprint density at radius 2 is 1.47 bits per heavy atom. The molecule has 3 aromatic carbocycles. The number of halogens is 1. The van der Waals surface area contributed by atoms with Gasteiger partial charge in [0.05, 0.1) is 0 Å². The molecular weight excluding hydrogens is 388 g/mol. The van der Waals surface area contributed by atoms with Crippen LogP contribution in [0.15, 0.2) is 84.9 Å². The van der Waals surface area contributed by atoms with Crippen LogP contribution in [0.1, 0.15) is 35.4 Å². The van der Waals surface area contributed by atoms with E-state index >= 15 is 0 Å². The Bertz CT molecular complexity index is 911. The number of nitrogens with zero attached hydrogens (tertiary/aromatic N) is 1. The van der Waals surface area contributed by atoms with Crippen LogP contribution >= 0.6 is 11.6 Å². The van der Waals surface area contributed by atoms with E-state index in [1.165, 1.54) is 42.6 Å². The lowest BCUT2D eigenvalue weighted by atomic mass is 9.70. The van der Waals surface area contributed by atoms with Crippen LogP contribution in [0.3, 0.4) is 0 Å². The van der Waals surface area contributed by atoms with E-state index in [0.29, 0.717) is 18.0 Å². The van der Waals surface area contributed by atoms with Gasteiger partial charge in [0.15, 0.2) is 0 Å². The highest BCUT2D eigenvalue weighted by Gasteiger charge is 2.46. The molecule has 3 saturated heterocycles. The topological polar surface area (TPSA) is 15.3 Å². The highest BCUT2D eigenvalue weighted by Crippen LogP contribution is 2.42. The van der Waals surface area contributed by atoms with Crippen LogP contribution < -0.4 is 5.32 Å². The first-order chi connectivity index (χ1) is 14.8. The van der Waals surface area contributed by atoms with Crippen LogP contribution in [0.2, 0.25) is 5.02 Å². The number of benzene rings is 3. The van der Waals surface area contributed by atoms with Crippen LogP contribution in [-0.2, 0) is 6.54 Å². The molecule has 3 aromatic rings. The van der Waals surface area contributed by atoms with Gasteiger partial charge in [0, 0.05) is 29.6 Å². The van der Waals surface area contributed by atoms with Crippen molar-refractivity contribution in [2.45, 2.75) is 37.4 Å². The molecule has 3 aliphatic heterocycles. The lowest BCUT2D eigenvalue weighted by Gasteiger charge is -2.54. The van der Waals surface area contributed by atoms with Gasteiger partial charge in [0.1, 0.15) is 0 Å². The standard InChI is InChI=1S/C27H29ClN2/c28-24-13-7-8-20(18-24)19-29-26-23-14-16-30(17-15-23)27(26)25(21-9-3-1-4-10-21)22-11-5-2-6-12-22/h1-13,18,23,25-27,29H,14-17,19H2/t26-,27-/m1/s1. The van der Waals surface area contributed by atoms with Gasteiger partial charge in [-0.05, 0) is 60.7 Å². The second kappa shape index (κ2) is 8.93. The minimum Gasteiger partial charge on any atom is -0.308 e. The van der Waals surface area contributed by atoms with Crippen molar-refractivity contribution in [3.05, 3.63) is 107 Å². The molecule has 0 amide bonds. The van der Waals surface area contributed by atoms with E-state index < -0.39 is 0 Å². The van der Waals surface area contributed by atoms with Crippen molar-refractivity contribution in [2.75, 3.05) is 13.1 Å². The molecule has 0 saturated carbocycles. The van der Waals surface area contributed by atoms with Gasteiger partial charge >= 0.3 is 0 Å². The first-order valence-electron chi connectivity index (χ1n) is 11.1. The third kappa shape index (κ3) is 4.05. The molecule has 3 heterocycles. The van der Waals surface area contributed by atoms with E-state index in [-0.39, 0.29) is 0 Å². The molecule has 3 heteroatoms. The Balaban J connectivity index is 1.49. The molecule has 0 spiro atoms. The van der Waals surface area contributed by atoms with Gasteiger partial charge in [0.2, 0.25) is 0 Å². The van der Waals surface area contributed by atoms with E-state index in [0.717, 1.165) is 17.5 Å². The van der Waals surface area contributed by atoms with Gasteiger partial charge in [-0.25, -0.2) is 0 Å². The van der Waals surface area contributed by atoms with Crippen LogP contribution in [0, 0.1) is 5.92 Å². The van der Waals surface area contributed by atoms with Crippen LogP contribution in [-0.4, -0.2) is 30.1 Å². The summed E-state index contributed by atoms with van der Waals surface area (Å²) in [5.74, 6) is 1.10. The fraction of sp³-hybridized carbons (Fsp3) is 0.333. The molecule has 0 unspecified atom stereocenters. The van der Waals surface area contributed by atoms with E-state index in [2.05, 4.69) is 83.0 Å². The molecule has 3 fully saturated rings. The molecule has 3 aliphatic rings. The van der Waals surface area contributed by atoms with Crippen molar-refractivity contribution in [2.24, 2.45) is 5.92 Å². The Kier molecular flexibility index (Phi) is 5.90. The van der Waals surface area contributed by atoms with Crippen molar-refractivity contribution >= 4 is 11.6 Å². The Morgan fingerprint density at radius 1 is 0.833 bits per heavy atom. The zero-order valence-electron chi connectivity index (χ0n) is 17.3. The largest absolute Gasteiger partial charge is 0.308 e. The monoisotopic (exact) mass is 416 g/mol. The van der Waals surface area contributed by atoms with Crippen LogP contribution in [0.5, 0.6) is 0 Å². The van der Waals surface area contributed by atoms with Gasteiger partial charge in [-0.3, -0.25) is 4.90 Å². The predicted octanol–water partition coefficient (Wildman–Crippen LogP) is 5.72. The second-order valence-electron chi connectivity index (χ2n) is 8.70. The molecule has 0 radical (unpaired) electrons. The van der Waals surface area contributed by atoms with Crippen molar-refractivity contribution in [3.8, 4) is 0 Å². The van der Waals surface area contributed by atoms with Crippen molar-refractivity contribution in [3.63, 3.8) is 0 Å². The Morgan fingerprint density at radius 3 is 2.07 bits per heavy atom. The Labute approximate surface area is 184 Å². The number of fused-ring (bicyclic) bond motifs is 3. The van der Waals surface area contributed by atoms with Crippen molar-refractivity contribution < 1.29 is 0 Å². The quantitative estimate of drug-likeness (QED) is 0.552. The maximum absolute atomic E-state index is 6.23. The molecule has 0 aromatic heterocycles. The molecule has 154 valence electrons. The molecule has 2 atom stereocenters. The highest BCUT2D eigenvalue weighted by molar-refractivity contribution is 6.30. The SMILES string of the molecule is Clc1cccc(CN[C@@H]2C3CCN(CC3)[C@@H]2C(c2ccccc2)c2ccccc2)c1. The smallest absolute Gasteiger partial charge is 0.0409 e. The summed E-state index contributed by atoms with van der Waals surface area (Å²) in [6.45, 7) is 3.28. The molecular formula is C27H29ClN2.